The van der Waals surface area contributed by atoms with Crippen molar-refractivity contribution in [2.45, 2.75) is 6.92 Å². The molecule has 0 amide bonds. The standard InChI is InChI=1S/C18H28N4OS/c1-3-14-24-15-9-20-18(19-4-2)22-12-10-21(11-13-22)16-7-5-6-8-17(16)23/h3,5-8,23H,1,4,9-15H2,2H3,(H,19,20). The summed E-state index contributed by atoms with van der Waals surface area (Å²) in [5.41, 5.74) is 0.917. The number of thioether (sulfide) groups is 1. The van der Waals surface area contributed by atoms with Crippen molar-refractivity contribution < 1.29 is 5.11 Å². The van der Waals surface area contributed by atoms with Crippen LogP contribution in [-0.2, 0) is 0 Å². The molecule has 1 heterocycles. The van der Waals surface area contributed by atoms with Gasteiger partial charge in [0.25, 0.3) is 0 Å². The third kappa shape index (κ3) is 5.37. The van der Waals surface area contributed by atoms with Crippen LogP contribution in [0.15, 0.2) is 41.9 Å². The third-order valence-electron chi connectivity index (χ3n) is 3.87. The number of nitrogens with zero attached hydrogens (tertiary/aromatic N) is 3. The smallest absolute Gasteiger partial charge is 0.194 e. The molecule has 1 fully saturated rings. The molecule has 132 valence electrons. The summed E-state index contributed by atoms with van der Waals surface area (Å²) in [6.45, 7) is 11.1. The van der Waals surface area contributed by atoms with Crippen LogP contribution in [0.2, 0.25) is 0 Å². The van der Waals surface area contributed by atoms with Gasteiger partial charge in [-0.3, -0.25) is 4.99 Å². The van der Waals surface area contributed by atoms with E-state index < -0.39 is 0 Å². The number of hydrogen-bond acceptors (Lipinski definition) is 4. The highest BCUT2D eigenvalue weighted by Gasteiger charge is 2.21. The topological polar surface area (TPSA) is 51.1 Å². The first kappa shape index (κ1) is 18.5. The number of phenols is 1. The van der Waals surface area contributed by atoms with Crippen molar-refractivity contribution in [2.24, 2.45) is 4.99 Å². The van der Waals surface area contributed by atoms with Gasteiger partial charge in [0, 0.05) is 44.2 Å². The van der Waals surface area contributed by atoms with Gasteiger partial charge >= 0.3 is 0 Å². The molecule has 1 aliphatic heterocycles. The van der Waals surface area contributed by atoms with Gasteiger partial charge in [-0.05, 0) is 19.1 Å². The number of hydrogen-bond donors (Lipinski definition) is 2. The maximum Gasteiger partial charge on any atom is 0.194 e. The van der Waals surface area contributed by atoms with Crippen molar-refractivity contribution in [3.05, 3.63) is 36.9 Å². The zero-order valence-electron chi connectivity index (χ0n) is 14.4. The van der Waals surface area contributed by atoms with E-state index >= 15 is 0 Å². The summed E-state index contributed by atoms with van der Waals surface area (Å²) in [5, 5.41) is 13.4. The van der Waals surface area contributed by atoms with Crippen LogP contribution in [0.5, 0.6) is 5.75 Å². The SMILES string of the molecule is C=CCSCCN=C(NCC)N1CCN(c2ccccc2O)CC1. The molecular weight excluding hydrogens is 320 g/mol. The van der Waals surface area contributed by atoms with E-state index in [4.69, 9.17) is 4.99 Å². The molecule has 6 heteroatoms. The highest BCUT2D eigenvalue weighted by Crippen LogP contribution is 2.27. The fourth-order valence-corrected chi connectivity index (χ4v) is 3.25. The summed E-state index contributed by atoms with van der Waals surface area (Å²) in [7, 11) is 0. The van der Waals surface area contributed by atoms with E-state index in [1.54, 1.807) is 6.07 Å². The van der Waals surface area contributed by atoms with Gasteiger partial charge in [-0.25, -0.2) is 0 Å². The van der Waals surface area contributed by atoms with Crippen molar-refractivity contribution in [1.82, 2.24) is 10.2 Å². The van der Waals surface area contributed by atoms with Crippen molar-refractivity contribution in [2.75, 3.05) is 55.7 Å². The Balaban J connectivity index is 1.89. The summed E-state index contributed by atoms with van der Waals surface area (Å²) in [4.78, 5) is 9.27. The number of anilines is 1. The molecule has 1 aromatic rings. The van der Waals surface area contributed by atoms with Gasteiger partial charge in [0.05, 0.1) is 12.2 Å². The summed E-state index contributed by atoms with van der Waals surface area (Å²) >= 11 is 1.85. The summed E-state index contributed by atoms with van der Waals surface area (Å²) in [6.07, 6.45) is 1.93. The van der Waals surface area contributed by atoms with Crippen LogP contribution in [-0.4, -0.2) is 66.7 Å². The van der Waals surface area contributed by atoms with Crippen LogP contribution < -0.4 is 10.2 Å². The summed E-state index contributed by atoms with van der Waals surface area (Å²) < 4.78 is 0. The number of piperazine rings is 1. The molecule has 0 bridgehead atoms. The van der Waals surface area contributed by atoms with Crippen molar-refractivity contribution in [1.29, 1.82) is 0 Å². The predicted octanol–water partition coefficient (Wildman–Crippen LogP) is 2.40. The number of rotatable bonds is 7. The average Bonchev–Trinajstić information content (AvgIpc) is 2.61. The van der Waals surface area contributed by atoms with E-state index in [1.165, 1.54) is 0 Å². The van der Waals surface area contributed by atoms with Crippen LogP contribution in [0.3, 0.4) is 0 Å². The molecule has 1 saturated heterocycles. The lowest BCUT2D eigenvalue weighted by molar-refractivity contribution is 0.370. The van der Waals surface area contributed by atoms with Crippen LogP contribution in [0.4, 0.5) is 5.69 Å². The largest absolute Gasteiger partial charge is 0.506 e. The van der Waals surface area contributed by atoms with Crippen molar-refractivity contribution in [3.8, 4) is 5.75 Å². The minimum atomic E-state index is 0.353. The molecule has 5 nitrogen and oxygen atoms in total. The fourth-order valence-electron chi connectivity index (χ4n) is 2.70. The van der Waals surface area contributed by atoms with Gasteiger partial charge in [-0.2, -0.15) is 11.8 Å². The second-order valence-corrected chi connectivity index (χ2v) is 6.71. The number of guanidine groups is 1. The molecule has 0 spiro atoms. The number of nitrogens with one attached hydrogen (secondary N) is 1. The molecule has 0 saturated carbocycles. The van der Waals surface area contributed by atoms with Gasteiger partial charge in [0.2, 0.25) is 0 Å². The van der Waals surface area contributed by atoms with E-state index in [0.29, 0.717) is 5.75 Å². The molecule has 2 rings (SSSR count). The maximum absolute atomic E-state index is 10.0. The van der Waals surface area contributed by atoms with Gasteiger partial charge in [0.1, 0.15) is 5.75 Å². The first-order valence-corrected chi connectivity index (χ1v) is 9.66. The average molecular weight is 349 g/mol. The van der Waals surface area contributed by atoms with Gasteiger partial charge < -0.3 is 20.2 Å². The number of benzene rings is 1. The monoisotopic (exact) mass is 348 g/mol. The second-order valence-electron chi connectivity index (χ2n) is 5.56. The lowest BCUT2D eigenvalue weighted by Gasteiger charge is -2.37. The molecule has 2 N–H and O–H groups in total. The van der Waals surface area contributed by atoms with E-state index in [2.05, 4.69) is 28.6 Å². The number of phenolic OH excluding ortho intramolecular Hbond substituents is 1. The van der Waals surface area contributed by atoms with Crippen molar-refractivity contribution in [3.63, 3.8) is 0 Å². The van der Waals surface area contributed by atoms with Crippen LogP contribution in [0.25, 0.3) is 0 Å². The first-order valence-electron chi connectivity index (χ1n) is 8.51. The zero-order valence-corrected chi connectivity index (χ0v) is 15.3. The van der Waals surface area contributed by atoms with Crippen LogP contribution in [0, 0.1) is 0 Å². The number of aromatic hydroxyl groups is 1. The Kier molecular flexibility index (Phi) is 7.82. The minimum absolute atomic E-state index is 0.353. The van der Waals surface area contributed by atoms with E-state index in [1.807, 2.05) is 36.0 Å². The van der Waals surface area contributed by atoms with Crippen LogP contribution in [0.1, 0.15) is 6.92 Å². The lowest BCUT2D eigenvalue weighted by Crippen LogP contribution is -2.52. The molecule has 1 aliphatic rings. The van der Waals surface area contributed by atoms with Gasteiger partial charge in [-0.15, -0.1) is 6.58 Å². The van der Waals surface area contributed by atoms with Crippen LogP contribution >= 0.6 is 11.8 Å². The Labute approximate surface area is 149 Å². The highest BCUT2D eigenvalue weighted by atomic mass is 32.2. The molecule has 24 heavy (non-hydrogen) atoms. The molecular formula is C18H28N4OS. The van der Waals surface area contributed by atoms with E-state index in [9.17, 15) is 5.11 Å². The van der Waals surface area contributed by atoms with E-state index in [0.717, 1.165) is 62.4 Å². The molecule has 0 atom stereocenters. The zero-order chi connectivity index (χ0) is 17.2. The molecule has 0 unspecified atom stereocenters. The minimum Gasteiger partial charge on any atom is -0.506 e. The predicted molar refractivity (Wildman–Crippen MR) is 105 cm³/mol. The Morgan fingerprint density at radius 2 is 2.08 bits per heavy atom. The lowest BCUT2D eigenvalue weighted by atomic mass is 10.2. The number of aliphatic imine (C=N–C) groups is 1. The highest BCUT2D eigenvalue weighted by molar-refractivity contribution is 7.99. The summed E-state index contributed by atoms with van der Waals surface area (Å²) in [5.74, 6) is 3.34. The molecule has 0 radical (unpaired) electrons. The van der Waals surface area contributed by atoms with Gasteiger partial charge in [0.15, 0.2) is 5.96 Å². The summed E-state index contributed by atoms with van der Waals surface area (Å²) in [6, 6.07) is 7.54. The van der Waals surface area contributed by atoms with E-state index in [-0.39, 0.29) is 0 Å². The van der Waals surface area contributed by atoms with Crippen molar-refractivity contribution >= 4 is 23.4 Å². The fraction of sp³-hybridized carbons (Fsp3) is 0.500. The molecule has 0 aromatic heterocycles. The molecule has 1 aromatic carbocycles. The Morgan fingerprint density at radius 3 is 2.75 bits per heavy atom. The Morgan fingerprint density at radius 1 is 1.33 bits per heavy atom. The number of para-hydroxylation sites is 2. The quantitative estimate of drug-likeness (QED) is 0.343. The third-order valence-corrected chi connectivity index (χ3v) is 4.81. The maximum atomic E-state index is 10.0. The first-order chi connectivity index (χ1) is 11.8. The normalized spacial score (nSPS) is 15.5. The second kappa shape index (κ2) is 10.1. The Bertz CT molecular complexity index is 542. The Hall–Kier alpha value is -1.82. The molecule has 0 aliphatic carbocycles. The van der Waals surface area contributed by atoms with Gasteiger partial charge in [-0.1, -0.05) is 18.2 Å².